The molecule has 0 fully saturated rings. The third kappa shape index (κ3) is 5.87. The van der Waals surface area contributed by atoms with E-state index in [1.54, 1.807) is 14.2 Å². The molecule has 0 radical (unpaired) electrons. The Hall–Kier alpha value is -0.740. The first-order valence-electron chi connectivity index (χ1n) is 7.77. The van der Waals surface area contributed by atoms with Crippen molar-refractivity contribution in [2.24, 2.45) is 5.92 Å². The highest BCUT2D eigenvalue weighted by atomic mass is 79.9. The minimum atomic E-state index is 0.746. The lowest BCUT2D eigenvalue weighted by Crippen LogP contribution is -2.22. The summed E-state index contributed by atoms with van der Waals surface area (Å²) in [6.45, 7) is 6.44. The molecule has 0 saturated carbocycles. The van der Waals surface area contributed by atoms with Crippen LogP contribution in [0.4, 0.5) is 0 Å². The summed E-state index contributed by atoms with van der Waals surface area (Å²) in [5.74, 6) is 2.28. The molecule has 4 heteroatoms. The molecule has 0 aliphatic heterocycles. The zero-order valence-corrected chi connectivity index (χ0v) is 15.3. The third-order valence-electron chi connectivity index (χ3n) is 3.80. The summed E-state index contributed by atoms with van der Waals surface area (Å²) in [5.41, 5.74) is 1.20. The lowest BCUT2D eigenvalue weighted by Gasteiger charge is -2.16. The molecule has 0 bridgehead atoms. The van der Waals surface area contributed by atoms with E-state index in [4.69, 9.17) is 9.47 Å². The molecule has 1 aromatic rings. The highest BCUT2D eigenvalue weighted by Crippen LogP contribution is 2.36. The van der Waals surface area contributed by atoms with Crippen LogP contribution >= 0.6 is 15.9 Å². The molecule has 1 atom stereocenters. The second-order valence-corrected chi connectivity index (χ2v) is 6.21. The summed E-state index contributed by atoms with van der Waals surface area (Å²) in [4.78, 5) is 0. The van der Waals surface area contributed by atoms with Gasteiger partial charge in [0.15, 0.2) is 11.5 Å². The second kappa shape index (κ2) is 10.1. The Morgan fingerprint density at radius 3 is 2.52 bits per heavy atom. The van der Waals surface area contributed by atoms with Crippen LogP contribution in [-0.4, -0.2) is 20.8 Å². The van der Waals surface area contributed by atoms with E-state index in [0.29, 0.717) is 0 Å². The molecule has 1 N–H and O–H groups in total. The lowest BCUT2D eigenvalue weighted by molar-refractivity contribution is 0.352. The number of nitrogens with one attached hydrogen (secondary N) is 1. The molecular weight excluding hydrogens is 330 g/mol. The fraction of sp³-hybridized carbons (Fsp3) is 0.647. The summed E-state index contributed by atoms with van der Waals surface area (Å²) < 4.78 is 11.6. The van der Waals surface area contributed by atoms with Gasteiger partial charge in [0.25, 0.3) is 0 Å². The van der Waals surface area contributed by atoms with Crippen LogP contribution in [0.5, 0.6) is 11.5 Å². The van der Waals surface area contributed by atoms with Gasteiger partial charge < -0.3 is 14.8 Å². The molecular formula is C17H28BrNO2. The maximum absolute atomic E-state index is 5.38. The molecule has 21 heavy (non-hydrogen) atoms. The van der Waals surface area contributed by atoms with Crippen molar-refractivity contribution in [1.82, 2.24) is 5.32 Å². The molecule has 1 rings (SSSR count). The van der Waals surface area contributed by atoms with Crippen molar-refractivity contribution < 1.29 is 9.47 Å². The SMILES string of the molecule is CCCCC(CC)CNCc1cc(Br)c(OC)c(OC)c1. The summed E-state index contributed by atoms with van der Waals surface area (Å²) in [6, 6.07) is 4.12. The largest absolute Gasteiger partial charge is 0.493 e. The van der Waals surface area contributed by atoms with Gasteiger partial charge in [-0.15, -0.1) is 0 Å². The molecule has 0 amide bonds. The van der Waals surface area contributed by atoms with E-state index in [9.17, 15) is 0 Å². The number of ether oxygens (including phenoxy) is 2. The van der Waals surface area contributed by atoms with Crippen LogP contribution in [0.15, 0.2) is 16.6 Å². The smallest absolute Gasteiger partial charge is 0.174 e. The average molecular weight is 358 g/mol. The second-order valence-electron chi connectivity index (χ2n) is 5.36. The monoisotopic (exact) mass is 357 g/mol. The molecule has 0 saturated heterocycles. The van der Waals surface area contributed by atoms with Crippen molar-refractivity contribution in [2.45, 2.75) is 46.1 Å². The van der Waals surface area contributed by atoms with Crippen LogP contribution in [0.2, 0.25) is 0 Å². The van der Waals surface area contributed by atoms with Crippen LogP contribution in [0.3, 0.4) is 0 Å². The van der Waals surface area contributed by atoms with Crippen molar-refractivity contribution in [3.8, 4) is 11.5 Å². The highest BCUT2D eigenvalue weighted by Gasteiger charge is 2.11. The van der Waals surface area contributed by atoms with Crippen molar-refractivity contribution in [3.63, 3.8) is 0 Å². The summed E-state index contributed by atoms with van der Waals surface area (Å²) in [6.07, 6.45) is 5.15. The molecule has 0 heterocycles. The van der Waals surface area contributed by atoms with E-state index in [0.717, 1.165) is 35.0 Å². The van der Waals surface area contributed by atoms with Gasteiger partial charge in [-0.05, 0) is 52.5 Å². The van der Waals surface area contributed by atoms with Crippen molar-refractivity contribution in [3.05, 3.63) is 22.2 Å². The zero-order valence-electron chi connectivity index (χ0n) is 13.7. The van der Waals surface area contributed by atoms with Gasteiger partial charge in [-0.1, -0.05) is 33.1 Å². The Morgan fingerprint density at radius 2 is 1.95 bits per heavy atom. The van der Waals surface area contributed by atoms with E-state index < -0.39 is 0 Å². The van der Waals surface area contributed by atoms with Crippen LogP contribution in [0.25, 0.3) is 0 Å². The standard InChI is InChI=1S/C17H28BrNO2/c1-5-7-8-13(6-2)11-19-12-14-9-15(18)17(21-4)16(10-14)20-3/h9-10,13,19H,5-8,11-12H2,1-4H3. The molecule has 0 aliphatic rings. The molecule has 0 spiro atoms. The van der Waals surface area contributed by atoms with Gasteiger partial charge in [-0.3, -0.25) is 0 Å². The minimum absolute atomic E-state index is 0.746. The number of hydrogen-bond acceptors (Lipinski definition) is 3. The number of benzene rings is 1. The minimum Gasteiger partial charge on any atom is -0.493 e. The van der Waals surface area contributed by atoms with Gasteiger partial charge >= 0.3 is 0 Å². The normalized spacial score (nSPS) is 12.2. The number of methoxy groups -OCH3 is 2. The van der Waals surface area contributed by atoms with Crippen molar-refractivity contribution in [2.75, 3.05) is 20.8 Å². The Labute approximate surface area is 137 Å². The highest BCUT2D eigenvalue weighted by molar-refractivity contribution is 9.10. The van der Waals surface area contributed by atoms with Gasteiger partial charge in [0.2, 0.25) is 0 Å². The third-order valence-corrected chi connectivity index (χ3v) is 4.39. The van der Waals surface area contributed by atoms with Gasteiger partial charge in [-0.2, -0.15) is 0 Å². The zero-order chi connectivity index (χ0) is 15.7. The van der Waals surface area contributed by atoms with E-state index in [2.05, 4.69) is 41.2 Å². The average Bonchev–Trinajstić information content (AvgIpc) is 2.50. The molecule has 1 aromatic carbocycles. The van der Waals surface area contributed by atoms with Crippen LogP contribution in [0, 0.1) is 5.92 Å². The fourth-order valence-corrected chi connectivity index (χ4v) is 3.09. The fourth-order valence-electron chi connectivity index (χ4n) is 2.44. The first-order chi connectivity index (χ1) is 10.2. The topological polar surface area (TPSA) is 30.5 Å². The van der Waals surface area contributed by atoms with Crippen LogP contribution in [0.1, 0.15) is 45.1 Å². The van der Waals surface area contributed by atoms with Gasteiger partial charge in [0.05, 0.1) is 18.7 Å². The number of unbranched alkanes of at least 4 members (excludes halogenated alkanes) is 1. The van der Waals surface area contributed by atoms with Gasteiger partial charge in [0, 0.05) is 6.54 Å². The summed E-state index contributed by atoms with van der Waals surface area (Å²) >= 11 is 3.53. The van der Waals surface area contributed by atoms with Crippen LogP contribution < -0.4 is 14.8 Å². The summed E-state index contributed by atoms with van der Waals surface area (Å²) in [7, 11) is 3.32. The van der Waals surface area contributed by atoms with Crippen LogP contribution in [-0.2, 0) is 6.54 Å². The first-order valence-corrected chi connectivity index (χ1v) is 8.56. The van der Waals surface area contributed by atoms with Gasteiger partial charge in [0.1, 0.15) is 0 Å². The quantitative estimate of drug-likeness (QED) is 0.653. The predicted molar refractivity (Wildman–Crippen MR) is 92.3 cm³/mol. The molecule has 3 nitrogen and oxygen atoms in total. The van der Waals surface area contributed by atoms with Crippen molar-refractivity contribution in [1.29, 1.82) is 0 Å². The number of hydrogen-bond donors (Lipinski definition) is 1. The molecule has 0 aliphatic carbocycles. The van der Waals surface area contributed by atoms with Crippen molar-refractivity contribution >= 4 is 15.9 Å². The van der Waals surface area contributed by atoms with E-state index in [-0.39, 0.29) is 0 Å². The lowest BCUT2D eigenvalue weighted by atomic mass is 9.99. The first kappa shape index (κ1) is 18.3. The Kier molecular flexibility index (Phi) is 8.77. The Morgan fingerprint density at radius 1 is 1.19 bits per heavy atom. The van der Waals surface area contributed by atoms with E-state index in [1.807, 2.05) is 6.07 Å². The number of halogens is 1. The van der Waals surface area contributed by atoms with E-state index in [1.165, 1.54) is 31.2 Å². The predicted octanol–water partition coefficient (Wildman–Crippen LogP) is 4.77. The Bertz CT molecular complexity index is 423. The van der Waals surface area contributed by atoms with Gasteiger partial charge in [-0.25, -0.2) is 0 Å². The van der Waals surface area contributed by atoms with E-state index >= 15 is 0 Å². The molecule has 0 aromatic heterocycles. The maximum atomic E-state index is 5.38. The maximum Gasteiger partial charge on any atom is 0.174 e. The molecule has 1 unspecified atom stereocenters. The summed E-state index contributed by atoms with van der Waals surface area (Å²) in [5, 5.41) is 3.56. The number of rotatable bonds is 10. The Balaban J connectivity index is 2.57. The molecule has 120 valence electrons.